The quantitative estimate of drug-likeness (QED) is 0.381. The monoisotopic (exact) mass is 418 g/mol. The van der Waals surface area contributed by atoms with Crippen LogP contribution in [0.2, 0.25) is 5.02 Å². The first-order valence-electron chi connectivity index (χ1n) is 8.46. The third kappa shape index (κ3) is 7.51. The van der Waals surface area contributed by atoms with E-state index in [0.29, 0.717) is 28.6 Å². The minimum absolute atomic E-state index is 0.370. The molecular weight excluding hydrogens is 400 g/mol. The van der Waals surface area contributed by atoms with E-state index in [0.717, 1.165) is 4.90 Å². The smallest absolute Gasteiger partial charge is 0.347 e. The lowest BCUT2D eigenvalue weighted by Crippen LogP contribution is -2.33. The van der Waals surface area contributed by atoms with Crippen LogP contribution in [0.5, 0.6) is 5.75 Å². The van der Waals surface area contributed by atoms with Crippen molar-refractivity contribution in [2.24, 2.45) is 0 Å². The molecule has 146 valence electrons. The molecule has 0 aliphatic heterocycles. The van der Waals surface area contributed by atoms with Crippen LogP contribution in [-0.4, -0.2) is 36.9 Å². The molecule has 0 spiro atoms. The molecule has 2 aromatic rings. The average molecular weight is 419 g/mol. The Hall–Kier alpha value is -2.69. The molecule has 8 heteroatoms. The van der Waals surface area contributed by atoms with Crippen LogP contribution in [0.1, 0.15) is 12.5 Å². The molecule has 6 nitrogen and oxygen atoms in total. The molecule has 0 unspecified atom stereocenters. The van der Waals surface area contributed by atoms with Gasteiger partial charge < -0.3 is 14.8 Å². The summed E-state index contributed by atoms with van der Waals surface area (Å²) in [7, 11) is 0. The summed E-state index contributed by atoms with van der Waals surface area (Å²) in [5.74, 6) is 0.0947. The van der Waals surface area contributed by atoms with Crippen molar-refractivity contribution in [1.29, 1.82) is 5.26 Å². The van der Waals surface area contributed by atoms with Crippen molar-refractivity contribution in [3.05, 3.63) is 59.1 Å². The van der Waals surface area contributed by atoms with Crippen molar-refractivity contribution >= 4 is 35.2 Å². The maximum atomic E-state index is 11.9. The van der Waals surface area contributed by atoms with E-state index in [1.54, 1.807) is 36.0 Å². The summed E-state index contributed by atoms with van der Waals surface area (Å²) in [6, 6.07) is 15.8. The highest BCUT2D eigenvalue weighted by atomic mass is 35.5. The van der Waals surface area contributed by atoms with Crippen LogP contribution in [0.4, 0.5) is 0 Å². The van der Waals surface area contributed by atoms with Gasteiger partial charge in [0.25, 0.3) is 5.91 Å². The number of esters is 1. The molecule has 1 atom stereocenters. The molecule has 0 aliphatic carbocycles. The second kappa shape index (κ2) is 11.2. The Balaban J connectivity index is 1.63. The van der Waals surface area contributed by atoms with E-state index in [9.17, 15) is 9.59 Å². The molecule has 0 radical (unpaired) electrons. The largest absolute Gasteiger partial charge is 0.479 e. The summed E-state index contributed by atoms with van der Waals surface area (Å²) in [6.45, 7) is 1.60. The van der Waals surface area contributed by atoms with E-state index in [2.05, 4.69) is 5.32 Å². The third-order valence-electron chi connectivity index (χ3n) is 3.48. The minimum atomic E-state index is -0.874. The highest BCUT2D eigenvalue weighted by Gasteiger charge is 2.17. The maximum absolute atomic E-state index is 11.9. The van der Waals surface area contributed by atoms with Gasteiger partial charge >= 0.3 is 5.97 Å². The van der Waals surface area contributed by atoms with Gasteiger partial charge in [0.15, 0.2) is 12.7 Å². The van der Waals surface area contributed by atoms with Gasteiger partial charge in [-0.1, -0.05) is 11.6 Å². The molecule has 0 fully saturated rings. The van der Waals surface area contributed by atoms with Crippen LogP contribution < -0.4 is 10.1 Å². The Morgan fingerprint density at radius 1 is 1.18 bits per heavy atom. The molecule has 2 aromatic carbocycles. The van der Waals surface area contributed by atoms with Gasteiger partial charge in [-0.3, -0.25) is 4.79 Å². The Labute approximate surface area is 172 Å². The number of hydrogen-bond acceptors (Lipinski definition) is 6. The number of rotatable bonds is 9. The maximum Gasteiger partial charge on any atom is 0.347 e. The van der Waals surface area contributed by atoms with Gasteiger partial charge in [-0.25, -0.2) is 4.79 Å². The molecule has 0 aliphatic rings. The zero-order valence-electron chi connectivity index (χ0n) is 15.2. The number of benzene rings is 2. The molecule has 1 amide bonds. The summed E-state index contributed by atoms with van der Waals surface area (Å²) in [5.41, 5.74) is 0.494. The van der Waals surface area contributed by atoms with Gasteiger partial charge in [-0.2, -0.15) is 5.26 Å². The fourth-order valence-electron chi connectivity index (χ4n) is 2.06. The van der Waals surface area contributed by atoms with Crippen LogP contribution in [-0.2, 0) is 14.3 Å². The average Bonchev–Trinajstić information content (AvgIpc) is 2.71. The highest BCUT2D eigenvalue weighted by molar-refractivity contribution is 7.99. The van der Waals surface area contributed by atoms with Crippen LogP contribution in [0.25, 0.3) is 0 Å². The van der Waals surface area contributed by atoms with E-state index in [-0.39, 0.29) is 12.5 Å². The van der Waals surface area contributed by atoms with Gasteiger partial charge in [-0.05, 0) is 55.5 Å². The van der Waals surface area contributed by atoms with E-state index >= 15 is 0 Å². The van der Waals surface area contributed by atoms with Crippen molar-refractivity contribution in [3.8, 4) is 11.8 Å². The first-order valence-corrected chi connectivity index (χ1v) is 9.83. The Morgan fingerprint density at radius 2 is 1.86 bits per heavy atom. The number of amides is 1. The molecule has 0 saturated carbocycles. The van der Waals surface area contributed by atoms with Crippen LogP contribution in [0.15, 0.2) is 53.4 Å². The normalized spacial score (nSPS) is 11.2. The van der Waals surface area contributed by atoms with Crippen LogP contribution in [0.3, 0.4) is 0 Å². The molecule has 2 rings (SSSR count). The topological polar surface area (TPSA) is 88.4 Å². The molecule has 0 saturated heterocycles. The molecule has 0 bridgehead atoms. The molecule has 1 N–H and O–H groups in total. The SMILES string of the molecule is C[C@H](Oc1ccc(C#N)cc1)C(=O)OCC(=O)NCCSc1ccc(Cl)cc1. The number of nitrogens with one attached hydrogen (secondary N) is 1. The van der Waals surface area contributed by atoms with Crippen molar-refractivity contribution < 1.29 is 19.1 Å². The van der Waals surface area contributed by atoms with Crippen LogP contribution in [0, 0.1) is 11.3 Å². The van der Waals surface area contributed by atoms with E-state index < -0.39 is 12.1 Å². The zero-order valence-corrected chi connectivity index (χ0v) is 16.8. The zero-order chi connectivity index (χ0) is 20.4. The number of carbonyl (C=O) groups excluding carboxylic acids is 2. The van der Waals surface area contributed by atoms with Crippen molar-refractivity contribution in [3.63, 3.8) is 0 Å². The number of halogens is 1. The lowest BCUT2D eigenvalue weighted by Gasteiger charge is -2.14. The number of ether oxygens (including phenoxy) is 2. The summed E-state index contributed by atoms with van der Waals surface area (Å²) >= 11 is 7.41. The van der Waals surface area contributed by atoms with Gasteiger partial charge in [0, 0.05) is 22.2 Å². The van der Waals surface area contributed by atoms with E-state index in [1.165, 1.54) is 6.92 Å². The highest BCUT2D eigenvalue weighted by Crippen LogP contribution is 2.19. The predicted molar refractivity (Wildman–Crippen MR) is 107 cm³/mol. The van der Waals surface area contributed by atoms with Gasteiger partial charge in [0.2, 0.25) is 0 Å². The number of hydrogen-bond donors (Lipinski definition) is 1. The van der Waals surface area contributed by atoms with E-state index in [1.807, 2.05) is 30.3 Å². The lowest BCUT2D eigenvalue weighted by atomic mass is 10.2. The number of thioether (sulfide) groups is 1. The number of carbonyl (C=O) groups is 2. The predicted octanol–water partition coefficient (Wildman–Crippen LogP) is 3.43. The first-order chi connectivity index (χ1) is 13.5. The van der Waals surface area contributed by atoms with Crippen molar-refractivity contribution in [2.45, 2.75) is 17.9 Å². The Kier molecular flexibility index (Phi) is 8.66. The molecule has 28 heavy (non-hydrogen) atoms. The summed E-state index contributed by atoms with van der Waals surface area (Å²) < 4.78 is 10.4. The van der Waals surface area contributed by atoms with Gasteiger partial charge in [0.1, 0.15) is 5.75 Å². The third-order valence-corrected chi connectivity index (χ3v) is 4.75. The van der Waals surface area contributed by atoms with E-state index in [4.69, 9.17) is 26.3 Å². The lowest BCUT2D eigenvalue weighted by molar-refractivity contribution is -0.154. The van der Waals surface area contributed by atoms with Gasteiger partial charge in [0.05, 0.1) is 11.6 Å². The summed E-state index contributed by atoms with van der Waals surface area (Å²) in [6.07, 6.45) is -0.874. The number of nitrogens with zero attached hydrogens (tertiary/aromatic N) is 1. The summed E-state index contributed by atoms with van der Waals surface area (Å²) in [5, 5.41) is 12.1. The fraction of sp³-hybridized carbons (Fsp3) is 0.250. The van der Waals surface area contributed by atoms with Crippen LogP contribution >= 0.6 is 23.4 Å². The number of nitriles is 1. The minimum Gasteiger partial charge on any atom is -0.479 e. The molecule has 0 heterocycles. The van der Waals surface area contributed by atoms with Crippen molar-refractivity contribution in [2.75, 3.05) is 18.9 Å². The second-order valence-corrected chi connectivity index (χ2v) is 7.26. The Morgan fingerprint density at radius 3 is 2.50 bits per heavy atom. The van der Waals surface area contributed by atoms with Gasteiger partial charge in [-0.15, -0.1) is 11.8 Å². The fourth-order valence-corrected chi connectivity index (χ4v) is 2.95. The second-order valence-electron chi connectivity index (χ2n) is 5.66. The summed E-state index contributed by atoms with van der Waals surface area (Å²) in [4.78, 5) is 24.7. The first kappa shape index (κ1) is 21.6. The van der Waals surface area contributed by atoms with Crippen molar-refractivity contribution in [1.82, 2.24) is 5.32 Å². The molecular formula is C20H19ClN2O4S. The molecule has 0 aromatic heterocycles. The Bertz CT molecular complexity index is 835. The standard InChI is InChI=1S/C20H19ClN2O4S/c1-14(27-17-6-2-15(12-22)3-7-17)20(25)26-13-19(24)23-10-11-28-18-8-4-16(21)5-9-18/h2-9,14H,10-11,13H2,1H3,(H,23,24)/t14-/m0/s1.